The molecule has 6 nitrogen and oxygen atoms in total. The highest BCUT2D eigenvalue weighted by Crippen LogP contribution is 2.15. The summed E-state index contributed by atoms with van der Waals surface area (Å²) in [5.74, 6) is -0.899. The third-order valence-electron chi connectivity index (χ3n) is 11.8. The maximum absolute atomic E-state index is 12.8. The van der Waals surface area contributed by atoms with Crippen LogP contribution < -0.4 is 0 Å². The van der Waals surface area contributed by atoms with Crippen LogP contribution in [0.5, 0.6) is 0 Å². The van der Waals surface area contributed by atoms with Crippen LogP contribution in [-0.4, -0.2) is 37.2 Å². The lowest BCUT2D eigenvalue weighted by molar-refractivity contribution is -0.167. The Morgan fingerprint density at radius 3 is 0.921 bits per heavy atom. The minimum atomic E-state index is -0.782. The Morgan fingerprint density at radius 2 is 0.571 bits per heavy atom. The third-order valence-corrected chi connectivity index (χ3v) is 11.8. The first kappa shape index (κ1) is 60.4. The largest absolute Gasteiger partial charge is 0.462 e. The highest BCUT2D eigenvalue weighted by molar-refractivity contribution is 5.71. The summed E-state index contributed by atoms with van der Waals surface area (Å²) in [6.07, 6.45) is 62.3. The van der Waals surface area contributed by atoms with Gasteiger partial charge in [-0.05, 0) is 103 Å². The molecule has 0 N–H and O–H groups in total. The zero-order chi connectivity index (χ0) is 45.8. The van der Waals surface area contributed by atoms with E-state index in [1.165, 1.54) is 148 Å². The second-order valence-electron chi connectivity index (χ2n) is 18.1. The number of hydrogen-bond donors (Lipinski definition) is 0. The lowest BCUT2D eigenvalue weighted by Gasteiger charge is -2.18. The van der Waals surface area contributed by atoms with E-state index in [9.17, 15) is 14.4 Å². The first-order valence-electron chi connectivity index (χ1n) is 27.1. The van der Waals surface area contributed by atoms with Crippen molar-refractivity contribution in [2.45, 2.75) is 284 Å². The molecule has 0 spiro atoms. The molecule has 0 aliphatic heterocycles. The van der Waals surface area contributed by atoms with E-state index in [4.69, 9.17) is 14.2 Å². The number of esters is 3. The first-order chi connectivity index (χ1) is 31.0. The Kier molecular flexibility index (Phi) is 49.8. The molecule has 6 heteroatoms. The van der Waals surface area contributed by atoms with Crippen molar-refractivity contribution >= 4 is 17.9 Å². The van der Waals surface area contributed by atoms with Crippen LogP contribution in [0.1, 0.15) is 278 Å². The Morgan fingerprint density at radius 1 is 0.317 bits per heavy atom. The van der Waals surface area contributed by atoms with Gasteiger partial charge in [-0.25, -0.2) is 0 Å². The van der Waals surface area contributed by atoms with Gasteiger partial charge < -0.3 is 14.2 Å². The van der Waals surface area contributed by atoms with Crippen molar-refractivity contribution in [3.05, 3.63) is 48.6 Å². The van der Waals surface area contributed by atoms with E-state index in [2.05, 4.69) is 69.4 Å². The quantitative estimate of drug-likeness (QED) is 0.0262. The van der Waals surface area contributed by atoms with Gasteiger partial charge in [0.25, 0.3) is 0 Å². The van der Waals surface area contributed by atoms with Crippen LogP contribution in [0, 0.1) is 0 Å². The molecule has 0 radical (unpaired) electrons. The number of carbonyl (C=O) groups excluding carboxylic acids is 3. The number of carbonyl (C=O) groups is 3. The normalized spacial score (nSPS) is 12.4. The molecule has 366 valence electrons. The van der Waals surface area contributed by atoms with Crippen LogP contribution in [0.4, 0.5) is 0 Å². The number of ether oxygens (including phenoxy) is 3. The van der Waals surface area contributed by atoms with Crippen LogP contribution >= 0.6 is 0 Å². The van der Waals surface area contributed by atoms with Gasteiger partial charge in [-0.2, -0.15) is 0 Å². The van der Waals surface area contributed by atoms with Crippen molar-refractivity contribution in [1.82, 2.24) is 0 Å². The van der Waals surface area contributed by atoms with Crippen LogP contribution in [-0.2, 0) is 28.6 Å². The molecule has 0 unspecified atom stereocenters. The summed E-state index contributed by atoms with van der Waals surface area (Å²) in [7, 11) is 0. The highest BCUT2D eigenvalue weighted by atomic mass is 16.6. The molecular formula is C57H102O6. The van der Waals surface area contributed by atoms with Gasteiger partial charge >= 0.3 is 17.9 Å². The molecule has 0 aromatic rings. The Balaban J connectivity index is 4.38. The maximum atomic E-state index is 12.8. The van der Waals surface area contributed by atoms with Crippen molar-refractivity contribution in [2.24, 2.45) is 0 Å². The highest BCUT2D eigenvalue weighted by Gasteiger charge is 2.19. The number of hydrogen-bond acceptors (Lipinski definition) is 6. The predicted octanol–water partition coefficient (Wildman–Crippen LogP) is 17.9. The van der Waals surface area contributed by atoms with E-state index in [-0.39, 0.29) is 31.1 Å². The fourth-order valence-electron chi connectivity index (χ4n) is 7.64. The predicted molar refractivity (Wildman–Crippen MR) is 270 cm³/mol. The molecule has 0 aromatic carbocycles. The molecule has 0 amide bonds. The molecule has 0 aromatic heterocycles. The molecule has 63 heavy (non-hydrogen) atoms. The fraction of sp³-hybridized carbons (Fsp3) is 0.807. The summed E-state index contributed by atoms with van der Waals surface area (Å²) in [6.45, 7) is 6.58. The van der Waals surface area contributed by atoms with Gasteiger partial charge in [0.1, 0.15) is 13.2 Å². The zero-order valence-corrected chi connectivity index (χ0v) is 41.8. The minimum Gasteiger partial charge on any atom is -0.462 e. The third kappa shape index (κ3) is 50.2. The van der Waals surface area contributed by atoms with Crippen molar-refractivity contribution in [3.63, 3.8) is 0 Å². The maximum Gasteiger partial charge on any atom is 0.306 e. The topological polar surface area (TPSA) is 78.9 Å². The van der Waals surface area contributed by atoms with E-state index in [1.54, 1.807) is 0 Å². The second-order valence-corrected chi connectivity index (χ2v) is 18.1. The minimum absolute atomic E-state index is 0.0823. The van der Waals surface area contributed by atoms with E-state index in [0.29, 0.717) is 19.3 Å². The van der Waals surface area contributed by atoms with Crippen molar-refractivity contribution in [1.29, 1.82) is 0 Å². The standard InChI is InChI=1S/C57H102O6/c1-4-7-10-13-16-19-22-25-27-29-31-32-35-38-41-44-47-50-56(59)62-53-54(52-61-55(58)49-46-43-40-37-34-24-21-18-15-12-9-6-3)63-57(60)51-48-45-42-39-36-33-30-28-26-23-20-17-14-11-8-5-2/h16,18-19,21,25,27-28,30,54H,4-15,17,20,22-24,26,29,31-53H2,1-3H3/b19-16-,21-18-,27-25-,30-28-/t54-/m1/s1. The number of rotatable bonds is 49. The molecule has 0 aliphatic carbocycles. The van der Waals surface area contributed by atoms with Crippen LogP contribution in [0.2, 0.25) is 0 Å². The smallest absolute Gasteiger partial charge is 0.306 e. The second kappa shape index (κ2) is 52.0. The van der Waals surface area contributed by atoms with Gasteiger partial charge in [0, 0.05) is 19.3 Å². The molecule has 0 saturated heterocycles. The van der Waals surface area contributed by atoms with Crippen LogP contribution in [0.15, 0.2) is 48.6 Å². The van der Waals surface area contributed by atoms with Crippen molar-refractivity contribution < 1.29 is 28.6 Å². The number of allylic oxidation sites excluding steroid dienone is 8. The zero-order valence-electron chi connectivity index (χ0n) is 41.8. The van der Waals surface area contributed by atoms with Crippen molar-refractivity contribution in [2.75, 3.05) is 13.2 Å². The summed E-state index contributed by atoms with van der Waals surface area (Å²) in [4.78, 5) is 38.0. The summed E-state index contributed by atoms with van der Waals surface area (Å²) < 4.78 is 16.8. The molecule has 0 bridgehead atoms. The van der Waals surface area contributed by atoms with Gasteiger partial charge in [0.2, 0.25) is 0 Å². The molecule has 0 fully saturated rings. The molecule has 1 atom stereocenters. The molecular weight excluding hydrogens is 781 g/mol. The first-order valence-corrected chi connectivity index (χ1v) is 27.1. The Bertz CT molecular complexity index is 1110. The summed E-state index contributed by atoms with van der Waals surface area (Å²) in [5, 5.41) is 0. The summed E-state index contributed by atoms with van der Waals surface area (Å²) >= 11 is 0. The number of unbranched alkanes of at least 4 members (excludes halogenated alkanes) is 30. The summed E-state index contributed by atoms with van der Waals surface area (Å²) in [6, 6.07) is 0. The average molecular weight is 883 g/mol. The van der Waals surface area contributed by atoms with Crippen LogP contribution in [0.3, 0.4) is 0 Å². The van der Waals surface area contributed by atoms with Gasteiger partial charge in [0.15, 0.2) is 6.10 Å². The fourth-order valence-corrected chi connectivity index (χ4v) is 7.64. The molecule has 0 rings (SSSR count). The molecule has 0 saturated carbocycles. The van der Waals surface area contributed by atoms with Gasteiger partial charge in [-0.15, -0.1) is 0 Å². The molecule has 0 aliphatic rings. The van der Waals surface area contributed by atoms with E-state index in [0.717, 1.165) is 89.9 Å². The summed E-state index contributed by atoms with van der Waals surface area (Å²) in [5.41, 5.74) is 0. The lowest BCUT2D eigenvalue weighted by atomic mass is 10.1. The van der Waals surface area contributed by atoms with Gasteiger partial charge in [0.05, 0.1) is 0 Å². The Labute approximate surface area is 390 Å². The average Bonchev–Trinajstić information content (AvgIpc) is 3.28. The van der Waals surface area contributed by atoms with Gasteiger partial charge in [-0.3, -0.25) is 14.4 Å². The van der Waals surface area contributed by atoms with Gasteiger partial charge in [-0.1, -0.05) is 204 Å². The van der Waals surface area contributed by atoms with E-state index < -0.39 is 6.10 Å². The molecule has 0 heterocycles. The van der Waals surface area contributed by atoms with E-state index >= 15 is 0 Å². The van der Waals surface area contributed by atoms with E-state index in [1.807, 2.05) is 0 Å². The lowest BCUT2D eigenvalue weighted by Crippen LogP contribution is -2.30. The SMILES string of the molecule is CCCCC/C=C\C/C=C\CCCCCCCCCC(=O)OC[C@@H](COC(=O)CCCCCCC/C=C\CCCCC)OC(=O)CCCCCCC/C=C\CCCCCCCCC. The monoisotopic (exact) mass is 883 g/mol. The van der Waals surface area contributed by atoms with Crippen LogP contribution in [0.25, 0.3) is 0 Å². The Hall–Kier alpha value is -2.63. The van der Waals surface area contributed by atoms with Crippen molar-refractivity contribution in [3.8, 4) is 0 Å².